The minimum atomic E-state index is -4.08. The summed E-state index contributed by atoms with van der Waals surface area (Å²) in [4.78, 5) is 37.5. The van der Waals surface area contributed by atoms with Crippen LogP contribution in [0.5, 0.6) is 0 Å². The molecule has 164 valence electrons. The Kier molecular flexibility index (Phi) is 6.74. The Morgan fingerprint density at radius 3 is 2.23 bits per heavy atom. The SMILES string of the molecule is COC(=O)c1ccc(C(=O)OC)c(S(=O)(=O)N2CCN(CC(=O)NC3CC3)CC2)c1. The molecule has 0 radical (unpaired) electrons. The molecule has 0 atom stereocenters. The molecule has 1 saturated heterocycles. The van der Waals surface area contributed by atoms with Crippen LogP contribution in [0.25, 0.3) is 0 Å². The number of sulfonamides is 1. The molecule has 1 amide bonds. The predicted molar refractivity (Wildman–Crippen MR) is 105 cm³/mol. The number of nitrogens with one attached hydrogen (secondary N) is 1. The van der Waals surface area contributed by atoms with Crippen LogP contribution in [0.3, 0.4) is 0 Å². The molecule has 11 heteroatoms. The topological polar surface area (TPSA) is 122 Å². The van der Waals surface area contributed by atoms with Crippen LogP contribution in [0.4, 0.5) is 0 Å². The first-order chi connectivity index (χ1) is 14.3. The molecule has 0 spiro atoms. The third-order valence-corrected chi connectivity index (χ3v) is 7.01. The molecule has 1 N–H and O–H groups in total. The van der Waals surface area contributed by atoms with E-state index in [1.165, 1.54) is 23.5 Å². The Balaban J connectivity index is 1.76. The van der Waals surface area contributed by atoms with Crippen molar-refractivity contribution >= 4 is 27.9 Å². The lowest BCUT2D eigenvalue weighted by Gasteiger charge is -2.33. The van der Waals surface area contributed by atoms with Crippen LogP contribution in [0.1, 0.15) is 33.6 Å². The van der Waals surface area contributed by atoms with Gasteiger partial charge < -0.3 is 14.8 Å². The second kappa shape index (κ2) is 9.11. The van der Waals surface area contributed by atoms with Gasteiger partial charge in [0.1, 0.15) is 0 Å². The van der Waals surface area contributed by atoms with Gasteiger partial charge in [-0.25, -0.2) is 18.0 Å². The Hall–Kier alpha value is -2.50. The van der Waals surface area contributed by atoms with E-state index in [1.54, 1.807) is 0 Å². The molecular formula is C19H25N3O7S. The van der Waals surface area contributed by atoms with Crippen molar-refractivity contribution in [2.24, 2.45) is 0 Å². The Labute approximate surface area is 175 Å². The van der Waals surface area contributed by atoms with Crippen molar-refractivity contribution in [2.45, 2.75) is 23.8 Å². The summed E-state index contributed by atoms with van der Waals surface area (Å²) in [5, 5.41) is 2.91. The average Bonchev–Trinajstić information content (AvgIpc) is 3.56. The van der Waals surface area contributed by atoms with Gasteiger partial charge in [-0.15, -0.1) is 0 Å². The van der Waals surface area contributed by atoms with Crippen molar-refractivity contribution in [2.75, 3.05) is 46.9 Å². The molecule has 1 aromatic rings. The number of methoxy groups -OCH3 is 2. The van der Waals surface area contributed by atoms with Gasteiger partial charge >= 0.3 is 11.9 Å². The Morgan fingerprint density at radius 2 is 1.67 bits per heavy atom. The van der Waals surface area contributed by atoms with E-state index in [1.807, 2.05) is 4.90 Å². The lowest BCUT2D eigenvalue weighted by molar-refractivity contribution is -0.122. The average molecular weight is 439 g/mol. The minimum absolute atomic E-state index is 0.0131. The lowest BCUT2D eigenvalue weighted by Crippen LogP contribution is -2.51. The van der Waals surface area contributed by atoms with Gasteiger partial charge in [0.05, 0.1) is 36.8 Å². The molecule has 30 heavy (non-hydrogen) atoms. The number of amides is 1. The fourth-order valence-corrected chi connectivity index (χ4v) is 4.86. The van der Waals surface area contributed by atoms with Gasteiger partial charge in [0.15, 0.2) is 0 Å². The summed E-state index contributed by atoms with van der Waals surface area (Å²) in [7, 11) is -1.74. The zero-order valence-electron chi connectivity index (χ0n) is 16.9. The van der Waals surface area contributed by atoms with Crippen LogP contribution in [0, 0.1) is 0 Å². The summed E-state index contributed by atoms with van der Waals surface area (Å²) in [5.74, 6) is -1.60. The first-order valence-electron chi connectivity index (χ1n) is 9.59. The highest BCUT2D eigenvalue weighted by molar-refractivity contribution is 7.89. The zero-order chi connectivity index (χ0) is 21.9. The van der Waals surface area contributed by atoms with Crippen molar-refractivity contribution in [3.63, 3.8) is 0 Å². The Bertz CT molecular complexity index is 935. The van der Waals surface area contributed by atoms with Crippen LogP contribution in [-0.2, 0) is 24.3 Å². The summed E-state index contributed by atoms with van der Waals surface area (Å²) in [6, 6.07) is 3.96. The van der Waals surface area contributed by atoms with Crippen LogP contribution in [-0.4, -0.2) is 88.5 Å². The van der Waals surface area contributed by atoms with E-state index < -0.39 is 22.0 Å². The molecule has 0 bridgehead atoms. The molecule has 10 nitrogen and oxygen atoms in total. The van der Waals surface area contributed by atoms with E-state index in [0.717, 1.165) is 26.0 Å². The molecule has 1 aromatic carbocycles. The van der Waals surface area contributed by atoms with E-state index in [2.05, 4.69) is 10.1 Å². The van der Waals surface area contributed by atoms with E-state index in [9.17, 15) is 22.8 Å². The number of rotatable bonds is 7. The summed E-state index contributed by atoms with van der Waals surface area (Å²) < 4.78 is 37.1. The number of piperazine rings is 1. The second-order valence-electron chi connectivity index (χ2n) is 7.22. The van der Waals surface area contributed by atoms with Crippen molar-refractivity contribution in [1.29, 1.82) is 0 Å². The molecule has 1 heterocycles. The van der Waals surface area contributed by atoms with Crippen LogP contribution in [0.2, 0.25) is 0 Å². The zero-order valence-corrected chi connectivity index (χ0v) is 17.7. The fraction of sp³-hybridized carbons (Fsp3) is 0.526. The molecule has 0 unspecified atom stereocenters. The smallest absolute Gasteiger partial charge is 0.339 e. The van der Waals surface area contributed by atoms with Gasteiger partial charge in [0.25, 0.3) is 0 Å². The number of carbonyl (C=O) groups is 3. The molecule has 0 aromatic heterocycles. The predicted octanol–water partition coefficient (Wildman–Crippen LogP) is -0.155. The number of ether oxygens (including phenoxy) is 2. The molecule has 2 fully saturated rings. The number of benzene rings is 1. The first-order valence-corrected chi connectivity index (χ1v) is 11.0. The number of carbonyl (C=O) groups excluding carboxylic acids is 3. The second-order valence-corrected chi connectivity index (χ2v) is 9.12. The van der Waals surface area contributed by atoms with Gasteiger partial charge in [-0.05, 0) is 31.0 Å². The van der Waals surface area contributed by atoms with E-state index in [4.69, 9.17) is 4.74 Å². The van der Waals surface area contributed by atoms with Crippen LogP contribution >= 0.6 is 0 Å². The maximum absolute atomic E-state index is 13.2. The third kappa shape index (κ3) is 4.97. The van der Waals surface area contributed by atoms with Crippen molar-refractivity contribution in [1.82, 2.24) is 14.5 Å². The molecule has 2 aliphatic rings. The standard InChI is InChI=1S/C19H25N3O7S/c1-28-18(24)13-3-6-15(19(25)29-2)16(11-13)30(26,27)22-9-7-21(8-10-22)12-17(23)20-14-4-5-14/h3,6,11,14H,4-5,7-10,12H2,1-2H3,(H,20,23). The largest absolute Gasteiger partial charge is 0.465 e. The van der Waals surface area contributed by atoms with Crippen molar-refractivity contribution < 1.29 is 32.3 Å². The van der Waals surface area contributed by atoms with Crippen LogP contribution in [0.15, 0.2) is 23.1 Å². The molecule has 1 saturated carbocycles. The van der Waals surface area contributed by atoms with E-state index in [0.29, 0.717) is 13.1 Å². The molecule has 1 aliphatic carbocycles. The highest BCUT2D eigenvalue weighted by atomic mass is 32.2. The van der Waals surface area contributed by atoms with Gasteiger partial charge in [-0.2, -0.15) is 4.31 Å². The van der Waals surface area contributed by atoms with Crippen molar-refractivity contribution in [3.8, 4) is 0 Å². The highest BCUT2D eigenvalue weighted by Gasteiger charge is 2.33. The quantitative estimate of drug-likeness (QED) is 0.582. The monoisotopic (exact) mass is 439 g/mol. The number of hydrogen-bond acceptors (Lipinski definition) is 8. The van der Waals surface area contributed by atoms with E-state index >= 15 is 0 Å². The van der Waals surface area contributed by atoms with Gasteiger partial charge in [0, 0.05) is 32.2 Å². The Morgan fingerprint density at radius 1 is 1.03 bits per heavy atom. The van der Waals surface area contributed by atoms with Crippen LogP contribution < -0.4 is 5.32 Å². The summed E-state index contributed by atoms with van der Waals surface area (Å²) in [5.41, 5.74) is -0.143. The normalized spacial score (nSPS) is 17.9. The summed E-state index contributed by atoms with van der Waals surface area (Å²) in [6.45, 7) is 1.28. The summed E-state index contributed by atoms with van der Waals surface area (Å²) in [6.07, 6.45) is 2.01. The highest BCUT2D eigenvalue weighted by Crippen LogP contribution is 2.24. The van der Waals surface area contributed by atoms with Gasteiger partial charge in [-0.1, -0.05) is 0 Å². The number of hydrogen-bond donors (Lipinski definition) is 1. The first kappa shape index (κ1) is 22.2. The number of esters is 2. The number of nitrogens with zero attached hydrogens (tertiary/aromatic N) is 2. The maximum atomic E-state index is 13.2. The summed E-state index contributed by atoms with van der Waals surface area (Å²) >= 11 is 0. The maximum Gasteiger partial charge on any atom is 0.339 e. The molecular weight excluding hydrogens is 414 g/mol. The minimum Gasteiger partial charge on any atom is -0.465 e. The molecule has 1 aliphatic heterocycles. The van der Waals surface area contributed by atoms with Gasteiger partial charge in [0.2, 0.25) is 15.9 Å². The fourth-order valence-electron chi connectivity index (χ4n) is 3.23. The lowest BCUT2D eigenvalue weighted by atomic mass is 10.1. The van der Waals surface area contributed by atoms with Gasteiger partial charge in [-0.3, -0.25) is 9.69 Å². The third-order valence-electron chi connectivity index (χ3n) is 5.07. The van der Waals surface area contributed by atoms with E-state index in [-0.39, 0.29) is 47.6 Å². The molecule has 3 rings (SSSR count). The van der Waals surface area contributed by atoms with Crippen molar-refractivity contribution in [3.05, 3.63) is 29.3 Å².